The van der Waals surface area contributed by atoms with E-state index < -0.39 is 11.9 Å². The number of aromatic nitrogens is 3. The molecular weight excluding hydrogens is 405 g/mol. The molecule has 0 aliphatic carbocycles. The Morgan fingerprint density at radius 3 is 2.55 bits per heavy atom. The van der Waals surface area contributed by atoms with Gasteiger partial charge in [0.05, 0.1) is 11.0 Å². The molecule has 4 heterocycles. The van der Waals surface area contributed by atoms with E-state index >= 15 is 0 Å². The summed E-state index contributed by atoms with van der Waals surface area (Å²) in [5.74, 6) is 0.124. The van der Waals surface area contributed by atoms with E-state index in [2.05, 4.69) is 15.0 Å². The first kappa shape index (κ1) is 19.7. The van der Waals surface area contributed by atoms with Gasteiger partial charge in [0.1, 0.15) is 11.4 Å². The van der Waals surface area contributed by atoms with Gasteiger partial charge in [-0.3, -0.25) is 4.79 Å². The third-order valence-corrected chi connectivity index (χ3v) is 6.02. The molecule has 0 bridgehead atoms. The Morgan fingerprint density at radius 2 is 1.81 bits per heavy atom. The van der Waals surface area contributed by atoms with Crippen LogP contribution in [-0.2, 0) is 6.18 Å². The Morgan fingerprint density at radius 1 is 1.03 bits per heavy atom. The molecule has 0 radical (unpaired) electrons. The summed E-state index contributed by atoms with van der Waals surface area (Å²) < 4.78 is 38.7. The highest BCUT2D eigenvalue weighted by Gasteiger charge is 2.33. The second-order valence-electron chi connectivity index (χ2n) is 8.19. The van der Waals surface area contributed by atoms with E-state index in [1.807, 2.05) is 36.1 Å². The number of H-pyrrole nitrogens is 2. The Bertz CT molecular complexity index is 1280. The van der Waals surface area contributed by atoms with Gasteiger partial charge in [-0.25, -0.2) is 4.98 Å². The van der Waals surface area contributed by atoms with Crippen molar-refractivity contribution in [3.8, 4) is 0 Å². The number of pyridine rings is 1. The van der Waals surface area contributed by atoms with E-state index in [1.165, 1.54) is 6.07 Å². The van der Waals surface area contributed by atoms with Gasteiger partial charge < -0.3 is 14.9 Å². The number of amides is 1. The van der Waals surface area contributed by atoms with E-state index in [0.29, 0.717) is 29.8 Å². The number of hydrogen-bond acceptors (Lipinski definition) is 2. The number of aromatic amines is 2. The van der Waals surface area contributed by atoms with Crippen LogP contribution in [0.5, 0.6) is 0 Å². The number of benzene rings is 1. The lowest BCUT2D eigenvalue weighted by molar-refractivity contribution is -0.140. The summed E-state index contributed by atoms with van der Waals surface area (Å²) in [4.78, 5) is 24.9. The maximum absolute atomic E-state index is 12.9. The number of fused-ring (bicyclic) bond motifs is 2. The van der Waals surface area contributed by atoms with Crippen LogP contribution in [0.4, 0.5) is 13.2 Å². The van der Waals surface area contributed by atoms with Gasteiger partial charge in [0, 0.05) is 35.6 Å². The molecule has 1 aliphatic heterocycles. The largest absolute Gasteiger partial charge is 0.433 e. The number of likely N-dealkylation sites (tertiary alicyclic amines) is 1. The molecule has 1 saturated heterocycles. The maximum Gasteiger partial charge on any atom is 0.433 e. The number of nitrogens with zero attached hydrogens (tertiary/aromatic N) is 2. The van der Waals surface area contributed by atoms with E-state index in [-0.39, 0.29) is 11.8 Å². The van der Waals surface area contributed by atoms with Crippen LogP contribution in [0.3, 0.4) is 0 Å². The monoisotopic (exact) mass is 426 g/mol. The average Bonchev–Trinajstić information content (AvgIpc) is 3.35. The topological polar surface area (TPSA) is 64.8 Å². The van der Waals surface area contributed by atoms with Gasteiger partial charge in [-0.1, -0.05) is 12.1 Å². The molecule has 1 fully saturated rings. The van der Waals surface area contributed by atoms with Crippen molar-refractivity contribution in [1.82, 2.24) is 19.9 Å². The zero-order chi connectivity index (χ0) is 21.8. The Labute approximate surface area is 176 Å². The summed E-state index contributed by atoms with van der Waals surface area (Å²) in [6.45, 7) is 3.19. The molecular formula is C23H21F3N4O. The van der Waals surface area contributed by atoms with Crippen LogP contribution in [0.15, 0.2) is 42.5 Å². The Kier molecular flexibility index (Phi) is 4.53. The molecule has 0 unspecified atom stereocenters. The van der Waals surface area contributed by atoms with Crippen molar-refractivity contribution in [1.29, 1.82) is 0 Å². The summed E-state index contributed by atoms with van der Waals surface area (Å²) in [6, 6.07) is 12.0. The zero-order valence-electron chi connectivity index (χ0n) is 16.9. The van der Waals surface area contributed by atoms with E-state index in [1.54, 1.807) is 6.07 Å². The van der Waals surface area contributed by atoms with Crippen LogP contribution in [0, 0.1) is 6.92 Å². The fourth-order valence-electron chi connectivity index (χ4n) is 4.33. The van der Waals surface area contributed by atoms with Crippen molar-refractivity contribution in [3.63, 3.8) is 0 Å². The van der Waals surface area contributed by atoms with E-state index in [9.17, 15) is 18.0 Å². The lowest BCUT2D eigenvalue weighted by atomic mass is 9.93. The first-order valence-corrected chi connectivity index (χ1v) is 10.2. The standard InChI is InChI=1S/C23H21F3N4O/c1-13-2-3-15-11-20(28-17(15)10-13)22(31)30-8-6-14(7-9-30)18-12-19-16(27-18)4-5-21(29-19)23(24,25)26/h2-5,10-12,14,27-28H,6-9H2,1H3. The van der Waals surface area contributed by atoms with Crippen LogP contribution >= 0.6 is 0 Å². The molecule has 0 saturated carbocycles. The fourth-order valence-corrected chi connectivity index (χ4v) is 4.33. The first-order valence-electron chi connectivity index (χ1n) is 10.2. The van der Waals surface area contributed by atoms with Gasteiger partial charge in [-0.15, -0.1) is 0 Å². The molecule has 31 heavy (non-hydrogen) atoms. The third-order valence-electron chi connectivity index (χ3n) is 6.02. The highest BCUT2D eigenvalue weighted by atomic mass is 19.4. The SMILES string of the molecule is Cc1ccc2cc(C(=O)N3CCC(c4cc5nc(C(F)(F)F)ccc5[nH]4)CC3)[nH]c2c1. The molecule has 0 spiro atoms. The average molecular weight is 426 g/mol. The van der Waals surface area contributed by atoms with Crippen LogP contribution in [0.2, 0.25) is 0 Å². The van der Waals surface area contributed by atoms with Gasteiger partial charge in [-0.2, -0.15) is 13.2 Å². The summed E-state index contributed by atoms with van der Waals surface area (Å²) >= 11 is 0. The predicted octanol–water partition coefficient (Wildman–Crippen LogP) is 5.39. The van der Waals surface area contributed by atoms with E-state index in [0.717, 1.165) is 41.1 Å². The normalized spacial score (nSPS) is 15.8. The van der Waals surface area contributed by atoms with Crippen molar-refractivity contribution in [2.24, 2.45) is 0 Å². The molecule has 3 aromatic heterocycles. The number of piperidine rings is 1. The van der Waals surface area contributed by atoms with Crippen molar-refractivity contribution in [2.45, 2.75) is 31.9 Å². The number of nitrogens with one attached hydrogen (secondary N) is 2. The molecule has 0 atom stereocenters. The number of carbonyl (C=O) groups is 1. The van der Waals surface area contributed by atoms with Gasteiger partial charge in [0.25, 0.3) is 5.91 Å². The van der Waals surface area contributed by atoms with Crippen LogP contribution < -0.4 is 0 Å². The molecule has 1 aromatic carbocycles. The van der Waals surface area contributed by atoms with Gasteiger partial charge in [0.15, 0.2) is 0 Å². The zero-order valence-corrected chi connectivity index (χ0v) is 16.9. The van der Waals surface area contributed by atoms with Crippen LogP contribution in [0.25, 0.3) is 21.9 Å². The van der Waals surface area contributed by atoms with Crippen molar-refractivity contribution in [3.05, 3.63) is 65.1 Å². The van der Waals surface area contributed by atoms with Crippen molar-refractivity contribution >= 4 is 27.8 Å². The Balaban J connectivity index is 1.30. The maximum atomic E-state index is 12.9. The molecule has 4 aromatic rings. The molecule has 5 nitrogen and oxygen atoms in total. The van der Waals surface area contributed by atoms with Gasteiger partial charge >= 0.3 is 6.18 Å². The lowest BCUT2D eigenvalue weighted by Gasteiger charge is -2.31. The molecule has 160 valence electrons. The molecule has 5 rings (SSSR count). The predicted molar refractivity (Wildman–Crippen MR) is 112 cm³/mol. The number of hydrogen-bond donors (Lipinski definition) is 2. The smallest absolute Gasteiger partial charge is 0.357 e. The minimum Gasteiger partial charge on any atom is -0.357 e. The summed E-state index contributed by atoms with van der Waals surface area (Å²) in [7, 11) is 0. The highest BCUT2D eigenvalue weighted by Crippen LogP contribution is 2.33. The fraction of sp³-hybridized carbons (Fsp3) is 0.304. The summed E-state index contributed by atoms with van der Waals surface area (Å²) in [5.41, 5.74) is 3.54. The van der Waals surface area contributed by atoms with Gasteiger partial charge in [-0.05, 0) is 55.7 Å². The number of halogens is 3. The quantitative estimate of drug-likeness (QED) is 0.451. The number of carbonyl (C=O) groups excluding carboxylic acids is 1. The molecule has 1 aliphatic rings. The van der Waals surface area contributed by atoms with Crippen molar-refractivity contribution in [2.75, 3.05) is 13.1 Å². The van der Waals surface area contributed by atoms with Crippen LogP contribution in [0.1, 0.15) is 46.2 Å². The second-order valence-corrected chi connectivity index (χ2v) is 8.19. The Hall–Kier alpha value is -3.29. The number of aryl methyl sites for hydroxylation is 1. The molecule has 8 heteroatoms. The minimum atomic E-state index is -4.46. The minimum absolute atomic E-state index is 0.0274. The van der Waals surface area contributed by atoms with Gasteiger partial charge in [0.2, 0.25) is 0 Å². The van der Waals surface area contributed by atoms with Crippen molar-refractivity contribution < 1.29 is 18.0 Å². The molecule has 1 amide bonds. The summed E-state index contributed by atoms with van der Waals surface area (Å²) in [6.07, 6.45) is -2.98. The summed E-state index contributed by atoms with van der Waals surface area (Å²) in [5, 5.41) is 1.01. The number of rotatable bonds is 2. The first-order chi connectivity index (χ1) is 14.8. The third kappa shape index (κ3) is 3.66. The van der Waals surface area contributed by atoms with E-state index in [4.69, 9.17) is 0 Å². The van der Waals surface area contributed by atoms with Crippen LogP contribution in [-0.4, -0.2) is 38.8 Å². The number of alkyl halides is 3. The second kappa shape index (κ2) is 7.14. The lowest BCUT2D eigenvalue weighted by Crippen LogP contribution is -2.38. The highest BCUT2D eigenvalue weighted by molar-refractivity contribution is 5.98. The molecule has 2 N–H and O–H groups in total.